The van der Waals surface area contributed by atoms with Crippen molar-refractivity contribution in [3.8, 4) is 11.3 Å². The maximum atomic E-state index is 14.0. The lowest BCUT2D eigenvalue weighted by Gasteiger charge is -2.26. The molecule has 0 bridgehead atoms. The fraction of sp³-hybridized carbons (Fsp3) is 0.483. The molecular weight excluding hydrogens is 555 g/mol. The minimum Gasteiger partial charge on any atom is -0.390 e. The largest absolute Gasteiger partial charge is 0.416 e. The third-order valence-corrected chi connectivity index (χ3v) is 9.04. The van der Waals surface area contributed by atoms with Crippen LogP contribution >= 0.6 is 0 Å². The SMILES string of the molecule is CS(=O)(=O)N1CCc2c(c(-c3ccc(C(F)(F)F)c(CNCc4ccccc4)c3)nn2CC(O)CN2CCCC2)C1. The number of aromatic nitrogens is 2. The molecule has 1 atom stereocenters. The summed E-state index contributed by atoms with van der Waals surface area (Å²) in [4.78, 5) is 2.21. The zero-order valence-corrected chi connectivity index (χ0v) is 23.9. The van der Waals surface area contributed by atoms with E-state index in [1.807, 2.05) is 30.3 Å². The minimum absolute atomic E-state index is 0.00943. The van der Waals surface area contributed by atoms with E-state index in [2.05, 4.69) is 10.2 Å². The number of hydrogen-bond acceptors (Lipinski definition) is 6. The highest BCUT2D eigenvalue weighted by molar-refractivity contribution is 7.88. The van der Waals surface area contributed by atoms with Crippen LogP contribution in [0.1, 0.15) is 40.8 Å². The van der Waals surface area contributed by atoms with Gasteiger partial charge in [-0.25, -0.2) is 8.42 Å². The first-order chi connectivity index (χ1) is 19.5. The lowest BCUT2D eigenvalue weighted by atomic mass is 9.97. The zero-order valence-electron chi connectivity index (χ0n) is 23.1. The second-order valence-corrected chi connectivity index (χ2v) is 12.9. The molecule has 1 saturated heterocycles. The van der Waals surface area contributed by atoms with Gasteiger partial charge in [0.05, 0.1) is 30.2 Å². The molecule has 1 aromatic heterocycles. The van der Waals surface area contributed by atoms with Crippen LogP contribution in [0.25, 0.3) is 11.3 Å². The maximum absolute atomic E-state index is 14.0. The number of β-amino-alcohol motifs (C(OH)–C–C–N with tert-alkyl or cyclic N) is 1. The van der Waals surface area contributed by atoms with Crippen LogP contribution in [0.3, 0.4) is 0 Å². The van der Waals surface area contributed by atoms with Gasteiger partial charge in [0.15, 0.2) is 0 Å². The van der Waals surface area contributed by atoms with Crippen molar-refractivity contribution in [2.24, 2.45) is 0 Å². The van der Waals surface area contributed by atoms with Gasteiger partial charge >= 0.3 is 6.18 Å². The highest BCUT2D eigenvalue weighted by atomic mass is 32.2. The van der Waals surface area contributed by atoms with E-state index in [0.717, 1.165) is 49.5 Å². The number of likely N-dealkylation sites (tertiary alicyclic amines) is 1. The number of halogens is 3. The van der Waals surface area contributed by atoms with Gasteiger partial charge in [-0.15, -0.1) is 0 Å². The van der Waals surface area contributed by atoms with E-state index in [0.29, 0.717) is 36.3 Å². The van der Waals surface area contributed by atoms with Crippen LogP contribution in [0.2, 0.25) is 0 Å². The third-order valence-electron chi connectivity index (χ3n) is 7.79. The summed E-state index contributed by atoms with van der Waals surface area (Å²) < 4.78 is 69.7. The summed E-state index contributed by atoms with van der Waals surface area (Å²) in [6.45, 7) is 3.37. The Balaban J connectivity index is 1.47. The number of alkyl halides is 3. The zero-order chi connectivity index (χ0) is 29.2. The summed E-state index contributed by atoms with van der Waals surface area (Å²) in [6.07, 6.45) is -1.46. The molecule has 1 unspecified atom stereocenters. The first-order valence-corrected chi connectivity index (χ1v) is 15.7. The summed E-state index contributed by atoms with van der Waals surface area (Å²) in [5.41, 5.74) is 2.71. The Labute approximate surface area is 238 Å². The average molecular weight is 592 g/mol. The molecule has 2 aliphatic rings. The highest BCUT2D eigenvalue weighted by Crippen LogP contribution is 2.37. The van der Waals surface area contributed by atoms with Crippen molar-refractivity contribution in [3.63, 3.8) is 0 Å². The van der Waals surface area contributed by atoms with Gasteiger partial charge in [-0.2, -0.15) is 22.6 Å². The van der Waals surface area contributed by atoms with Crippen molar-refractivity contribution in [1.29, 1.82) is 0 Å². The Morgan fingerprint density at radius 1 is 1.02 bits per heavy atom. The summed E-state index contributed by atoms with van der Waals surface area (Å²) in [7, 11) is -3.49. The van der Waals surface area contributed by atoms with E-state index < -0.39 is 27.9 Å². The second kappa shape index (κ2) is 12.2. The highest BCUT2D eigenvalue weighted by Gasteiger charge is 2.35. The molecule has 41 heavy (non-hydrogen) atoms. The topological polar surface area (TPSA) is 90.7 Å². The fourth-order valence-corrected chi connectivity index (χ4v) is 6.54. The lowest BCUT2D eigenvalue weighted by molar-refractivity contribution is -0.138. The van der Waals surface area contributed by atoms with Crippen molar-refractivity contribution in [2.75, 3.05) is 32.4 Å². The van der Waals surface area contributed by atoms with Crippen molar-refractivity contribution in [1.82, 2.24) is 24.3 Å². The summed E-state index contributed by atoms with van der Waals surface area (Å²) in [5, 5.41) is 18.7. The summed E-state index contributed by atoms with van der Waals surface area (Å²) >= 11 is 0. The number of nitrogens with one attached hydrogen (secondary N) is 1. The number of aliphatic hydroxyl groups excluding tert-OH is 1. The Hall–Kier alpha value is -2.77. The van der Waals surface area contributed by atoms with E-state index in [-0.39, 0.29) is 31.7 Å². The number of aliphatic hydroxyl groups is 1. The first kappa shape index (κ1) is 29.7. The molecule has 0 saturated carbocycles. The molecule has 1 fully saturated rings. The van der Waals surface area contributed by atoms with Gasteiger partial charge in [0.1, 0.15) is 0 Å². The molecule has 0 spiro atoms. The number of sulfonamides is 1. The molecule has 0 amide bonds. The predicted octanol–water partition coefficient (Wildman–Crippen LogP) is 3.63. The number of benzene rings is 2. The maximum Gasteiger partial charge on any atom is 0.416 e. The molecule has 3 heterocycles. The number of hydrogen-bond donors (Lipinski definition) is 2. The van der Waals surface area contributed by atoms with Gasteiger partial charge in [-0.3, -0.25) is 4.68 Å². The number of nitrogens with zero attached hydrogens (tertiary/aromatic N) is 4. The fourth-order valence-electron chi connectivity index (χ4n) is 5.75. The molecule has 3 aromatic rings. The van der Waals surface area contributed by atoms with Gasteiger partial charge in [0.25, 0.3) is 0 Å². The Morgan fingerprint density at radius 2 is 1.76 bits per heavy atom. The number of rotatable bonds is 10. The van der Waals surface area contributed by atoms with E-state index in [4.69, 9.17) is 5.10 Å². The smallest absolute Gasteiger partial charge is 0.390 e. The van der Waals surface area contributed by atoms with Crippen LogP contribution in [-0.2, 0) is 48.8 Å². The van der Waals surface area contributed by atoms with Crippen LogP contribution in [-0.4, -0.2) is 71.0 Å². The van der Waals surface area contributed by atoms with Crippen LogP contribution in [0.15, 0.2) is 48.5 Å². The summed E-state index contributed by atoms with van der Waals surface area (Å²) in [5.74, 6) is 0. The van der Waals surface area contributed by atoms with E-state index >= 15 is 0 Å². The Kier molecular flexibility index (Phi) is 8.86. The molecule has 5 rings (SSSR count). The van der Waals surface area contributed by atoms with E-state index in [1.54, 1.807) is 4.68 Å². The second-order valence-electron chi connectivity index (χ2n) is 10.9. The molecule has 222 valence electrons. The Bertz CT molecular complexity index is 1450. The van der Waals surface area contributed by atoms with E-state index in [1.165, 1.54) is 16.4 Å². The molecule has 2 aromatic carbocycles. The molecule has 12 heteroatoms. The lowest BCUT2D eigenvalue weighted by Crippen LogP contribution is -2.37. The summed E-state index contributed by atoms with van der Waals surface area (Å²) in [6, 6.07) is 13.4. The molecule has 8 nitrogen and oxygen atoms in total. The molecule has 2 aliphatic heterocycles. The standard InChI is InChI=1S/C29H36F3N5O3S/c1-41(39,40)36-14-11-27-25(20-36)28(34-37(27)19-24(38)18-35-12-5-6-13-35)22-9-10-26(29(30,31)32)23(15-22)17-33-16-21-7-3-2-4-8-21/h2-4,7-10,15,24,33,38H,5-6,11-14,16-20H2,1H3. The number of fused-ring (bicyclic) bond motifs is 1. The van der Waals surface area contributed by atoms with Crippen LogP contribution in [0, 0.1) is 0 Å². The average Bonchev–Trinajstić information content (AvgIpc) is 3.56. The monoisotopic (exact) mass is 591 g/mol. The minimum atomic E-state index is -4.53. The van der Waals surface area contributed by atoms with Crippen LogP contribution < -0.4 is 5.32 Å². The van der Waals surface area contributed by atoms with Gasteiger partial charge in [-0.05, 0) is 49.2 Å². The molecular formula is C29H36F3N5O3S. The quantitative estimate of drug-likeness (QED) is 0.374. The van der Waals surface area contributed by atoms with Gasteiger partial charge < -0.3 is 15.3 Å². The van der Waals surface area contributed by atoms with Crippen molar-refractivity contribution in [3.05, 3.63) is 76.5 Å². The normalized spacial score (nSPS) is 17.6. The van der Waals surface area contributed by atoms with Crippen LogP contribution in [0.4, 0.5) is 13.2 Å². The first-order valence-electron chi connectivity index (χ1n) is 13.9. The van der Waals surface area contributed by atoms with Gasteiger partial charge in [-0.1, -0.05) is 36.4 Å². The Morgan fingerprint density at radius 3 is 2.44 bits per heavy atom. The van der Waals surface area contributed by atoms with Crippen molar-refractivity contribution in [2.45, 2.75) is 57.7 Å². The van der Waals surface area contributed by atoms with E-state index in [9.17, 15) is 26.7 Å². The third kappa shape index (κ3) is 7.18. The molecule has 0 aliphatic carbocycles. The van der Waals surface area contributed by atoms with Crippen molar-refractivity contribution >= 4 is 10.0 Å². The van der Waals surface area contributed by atoms with Gasteiger partial charge in [0, 0.05) is 56.0 Å². The molecule has 2 N–H and O–H groups in total. The van der Waals surface area contributed by atoms with Gasteiger partial charge in [0.2, 0.25) is 10.0 Å². The van der Waals surface area contributed by atoms with Crippen LogP contribution in [0.5, 0.6) is 0 Å². The van der Waals surface area contributed by atoms with Crippen molar-refractivity contribution < 1.29 is 26.7 Å². The molecule has 0 radical (unpaired) electrons. The predicted molar refractivity (Wildman–Crippen MR) is 150 cm³/mol.